The van der Waals surface area contributed by atoms with Gasteiger partial charge in [0.05, 0.1) is 29.6 Å². The summed E-state index contributed by atoms with van der Waals surface area (Å²) in [6.45, 7) is 2.13. The number of benzene rings is 1. The quantitative estimate of drug-likeness (QED) is 0.581. The Morgan fingerprint density at radius 2 is 1.85 bits per heavy atom. The average Bonchev–Trinajstić information content (AvgIpc) is 3.62. The van der Waals surface area contributed by atoms with E-state index >= 15 is 0 Å². The number of hydrogen-bond acceptors (Lipinski definition) is 8. The molecule has 3 aromatic rings. The van der Waals surface area contributed by atoms with Crippen LogP contribution in [0.1, 0.15) is 18.5 Å². The first-order valence-corrected chi connectivity index (χ1v) is 12.3. The van der Waals surface area contributed by atoms with E-state index in [1.165, 1.54) is 30.5 Å². The van der Waals surface area contributed by atoms with Gasteiger partial charge >= 0.3 is 0 Å². The van der Waals surface area contributed by atoms with Gasteiger partial charge in [-0.15, -0.1) is 0 Å². The summed E-state index contributed by atoms with van der Waals surface area (Å²) in [7, 11) is -4.05. The van der Waals surface area contributed by atoms with Crippen molar-refractivity contribution in [2.24, 2.45) is 0 Å². The van der Waals surface area contributed by atoms with Gasteiger partial charge in [-0.25, -0.2) is 27.8 Å². The zero-order chi connectivity index (χ0) is 23.2. The van der Waals surface area contributed by atoms with Crippen LogP contribution in [0.15, 0.2) is 47.5 Å². The Morgan fingerprint density at radius 1 is 1.12 bits per heavy atom. The molecule has 172 valence electrons. The van der Waals surface area contributed by atoms with Crippen LogP contribution in [0.4, 0.5) is 16.2 Å². The Morgan fingerprint density at radius 3 is 2.52 bits per heavy atom. The number of anilines is 2. The lowest BCUT2D eigenvalue weighted by Gasteiger charge is -2.28. The SMILES string of the molecule is Nc1cc(Cl)c(-c2cc(C3(S(=O)(=O)c4ccccc4F)CC3)nc(N3CCOCC3)n2)cn1. The lowest BCUT2D eigenvalue weighted by molar-refractivity contribution is 0.122. The Labute approximate surface area is 195 Å². The van der Waals surface area contributed by atoms with Gasteiger partial charge < -0.3 is 15.4 Å². The Bertz CT molecular complexity index is 1330. The number of rotatable bonds is 5. The highest BCUT2D eigenvalue weighted by Gasteiger charge is 2.58. The van der Waals surface area contributed by atoms with E-state index in [1.807, 2.05) is 4.90 Å². The summed E-state index contributed by atoms with van der Waals surface area (Å²) in [4.78, 5) is 15.0. The highest BCUT2D eigenvalue weighted by molar-refractivity contribution is 7.92. The van der Waals surface area contributed by atoms with Crippen LogP contribution in [0.5, 0.6) is 0 Å². The van der Waals surface area contributed by atoms with E-state index < -0.39 is 20.4 Å². The second-order valence-corrected chi connectivity index (χ2v) is 10.7. The Kier molecular flexibility index (Phi) is 5.46. The van der Waals surface area contributed by atoms with Crippen molar-refractivity contribution in [1.29, 1.82) is 0 Å². The van der Waals surface area contributed by atoms with E-state index in [0.717, 1.165) is 6.07 Å². The topological polar surface area (TPSA) is 111 Å². The molecule has 3 heterocycles. The van der Waals surface area contributed by atoms with Gasteiger partial charge in [-0.3, -0.25) is 0 Å². The maximum absolute atomic E-state index is 14.5. The van der Waals surface area contributed by atoms with Gasteiger partial charge in [-0.05, 0) is 37.1 Å². The molecule has 1 saturated carbocycles. The van der Waals surface area contributed by atoms with Crippen LogP contribution < -0.4 is 10.6 Å². The molecule has 5 rings (SSSR count). The van der Waals surface area contributed by atoms with Crippen molar-refractivity contribution in [1.82, 2.24) is 15.0 Å². The lowest BCUT2D eigenvalue weighted by Crippen LogP contribution is -2.38. The van der Waals surface area contributed by atoms with Crippen molar-refractivity contribution < 1.29 is 17.5 Å². The molecule has 8 nitrogen and oxygen atoms in total. The molecule has 1 aromatic carbocycles. The summed E-state index contributed by atoms with van der Waals surface area (Å²) in [6.07, 6.45) is 2.16. The third kappa shape index (κ3) is 3.81. The summed E-state index contributed by atoms with van der Waals surface area (Å²) in [5.74, 6) is -0.154. The number of halogens is 2. The van der Waals surface area contributed by atoms with Crippen molar-refractivity contribution in [3.8, 4) is 11.3 Å². The van der Waals surface area contributed by atoms with Gasteiger partial charge in [0, 0.05) is 24.8 Å². The van der Waals surface area contributed by atoms with E-state index in [0.29, 0.717) is 67.1 Å². The van der Waals surface area contributed by atoms with E-state index in [4.69, 9.17) is 22.1 Å². The molecule has 33 heavy (non-hydrogen) atoms. The number of aromatic nitrogens is 3. The minimum atomic E-state index is -4.05. The summed E-state index contributed by atoms with van der Waals surface area (Å²) in [5, 5.41) is 0.335. The smallest absolute Gasteiger partial charge is 0.226 e. The van der Waals surface area contributed by atoms with E-state index in [1.54, 1.807) is 6.07 Å². The highest BCUT2D eigenvalue weighted by atomic mass is 35.5. The van der Waals surface area contributed by atoms with Gasteiger partial charge in [-0.1, -0.05) is 23.7 Å². The first-order chi connectivity index (χ1) is 15.8. The number of ether oxygens (including phenoxy) is 1. The molecule has 1 saturated heterocycles. The van der Waals surface area contributed by atoms with Crippen LogP contribution >= 0.6 is 11.6 Å². The third-order valence-corrected chi connectivity index (χ3v) is 8.84. The second-order valence-electron chi connectivity index (χ2n) is 8.06. The molecule has 11 heteroatoms. The van der Waals surface area contributed by atoms with Gasteiger partial charge in [0.15, 0.2) is 9.84 Å². The zero-order valence-corrected chi connectivity index (χ0v) is 19.1. The highest BCUT2D eigenvalue weighted by Crippen LogP contribution is 2.55. The van der Waals surface area contributed by atoms with E-state index in [-0.39, 0.29) is 10.7 Å². The number of nitrogens with zero attached hydrogens (tertiary/aromatic N) is 4. The van der Waals surface area contributed by atoms with Crippen molar-refractivity contribution in [3.05, 3.63) is 59.1 Å². The molecule has 0 amide bonds. The molecular formula is C22H21ClFN5O3S. The molecule has 2 fully saturated rings. The standard InChI is InChI=1S/C22H21ClFN5O3S/c23-15-11-20(25)26-13-14(15)17-12-19(28-21(27-17)29-7-9-32-10-8-29)22(5-6-22)33(30,31)18-4-2-1-3-16(18)24/h1-4,11-13H,5-10H2,(H2,25,26). The number of nitrogens with two attached hydrogens (primary N) is 1. The predicted molar refractivity (Wildman–Crippen MR) is 122 cm³/mol. The van der Waals surface area contributed by atoms with Crippen LogP contribution in [0.2, 0.25) is 5.02 Å². The minimum absolute atomic E-state index is 0.257. The van der Waals surface area contributed by atoms with Crippen LogP contribution in [-0.2, 0) is 19.3 Å². The number of nitrogen functional groups attached to an aromatic ring is 1. The largest absolute Gasteiger partial charge is 0.384 e. The normalized spacial score (nSPS) is 17.7. The molecular weight excluding hydrogens is 469 g/mol. The molecule has 2 N–H and O–H groups in total. The fraction of sp³-hybridized carbons (Fsp3) is 0.318. The monoisotopic (exact) mass is 489 g/mol. The van der Waals surface area contributed by atoms with E-state index in [2.05, 4.69) is 15.0 Å². The fourth-order valence-corrected chi connectivity index (χ4v) is 6.27. The fourth-order valence-electron chi connectivity index (χ4n) is 3.99. The van der Waals surface area contributed by atoms with Crippen molar-refractivity contribution >= 4 is 33.2 Å². The van der Waals surface area contributed by atoms with Gasteiger partial charge in [-0.2, -0.15) is 0 Å². The Balaban J connectivity index is 1.67. The van der Waals surface area contributed by atoms with Crippen LogP contribution in [0.3, 0.4) is 0 Å². The van der Waals surface area contributed by atoms with Gasteiger partial charge in [0.2, 0.25) is 5.95 Å². The Hall–Kier alpha value is -2.82. The molecule has 0 radical (unpaired) electrons. The zero-order valence-electron chi connectivity index (χ0n) is 17.5. The first-order valence-electron chi connectivity index (χ1n) is 10.4. The summed E-state index contributed by atoms with van der Waals surface area (Å²) >= 11 is 6.41. The minimum Gasteiger partial charge on any atom is -0.384 e. The predicted octanol–water partition coefficient (Wildman–Crippen LogP) is 3.21. The molecule has 0 bridgehead atoms. The number of hydrogen-bond donors (Lipinski definition) is 1. The number of sulfone groups is 1. The summed E-state index contributed by atoms with van der Waals surface area (Å²) < 4.78 is 45.8. The summed E-state index contributed by atoms with van der Waals surface area (Å²) in [5.41, 5.74) is 6.97. The molecule has 2 aromatic heterocycles. The van der Waals surface area contributed by atoms with Crippen molar-refractivity contribution in [3.63, 3.8) is 0 Å². The molecule has 2 aliphatic rings. The van der Waals surface area contributed by atoms with Gasteiger partial charge in [0.25, 0.3) is 0 Å². The summed E-state index contributed by atoms with van der Waals surface area (Å²) in [6, 6.07) is 8.52. The molecule has 0 atom stereocenters. The van der Waals surface area contributed by atoms with Crippen LogP contribution in [-0.4, -0.2) is 49.7 Å². The second kappa shape index (κ2) is 8.19. The lowest BCUT2D eigenvalue weighted by atomic mass is 10.1. The van der Waals surface area contributed by atoms with Crippen molar-refractivity contribution in [2.45, 2.75) is 22.5 Å². The van der Waals surface area contributed by atoms with E-state index in [9.17, 15) is 12.8 Å². The third-order valence-electron chi connectivity index (χ3n) is 5.97. The average molecular weight is 490 g/mol. The van der Waals surface area contributed by atoms with Crippen LogP contribution in [0.25, 0.3) is 11.3 Å². The molecule has 1 aliphatic carbocycles. The number of pyridine rings is 1. The maximum Gasteiger partial charge on any atom is 0.226 e. The number of morpholine rings is 1. The maximum atomic E-state index is 14.5. The molecule has 0 spiro atoms. The molecule has 1 aliphatic heterocycles. The van der Waals surface area contributed by atoms with Gasteiger partial charge in [0.1, 0.15) is 21.3 Å². The molecule has 0 unspecified atom stereocenters. The van der Waals surface area contributed by atoms with Crippen molar-refractivity contribution in [2.75, 3.05) is 36.9 Å². The van der Waals surface area contributed by atoms with Crippen LogP contribution in [0, 0.1) is 5.82 Å². The first kappa shape index (κ1) is 22.0.